The summed E-state index contributed by atoms with van der Waals surface area (Å²) in [6, 6.07) is 1.90. The van der Waals surface area contributed by atoms with Crippen molar-refractivity contribution in [1.82, 2.24) is 9.78 Å². The van der Waals surface area contributed by atoms with Crippen LogP contribution in [-0.2, 0) is 6.54 Å². The Morgan fingerprint density at radius 2 is 1.76 bits per heavy atom. The van der Waals surface area contributed by atoms with Gasteiger partial charge in [-0.2, -0.15) is 5.10 Å². The monoisotopic (exact) mass is 250 g/mol. The third-order valence-electron chi connectivity index (χ3n) is 5.31. The van der Waals surface area contributed by atoms with E-state index in [9.17, 15) is 0 Å². The molecule has 0 atom stereocenters. The van der Waals surface area contributed by atoms with Gasteiger partial charge in [-0.05, 0) is 67.8 Å². The highest BCUT2D eigenvalue weighted by atomic mass is 35.5. The molecule has 4 fully saturated rings. The van der Waals surface area contributed by atoms with Crippen molar-refractivity contribution in [3.05, 3.63) is 17.4 Å². The maximum absolute atomic E-state index is 6.18. The lowest BCUT2D eigenvalue weighted by molar-refractivity contribution is -0.0635. The molecule has 4 aliphatic carbocycles. The van der Waals surface area contributed by atoms with Crippen molar-refractivity contribution < 1.29 is 0 Å². The largest absolute Gasteiger partial charge is 0.253 e. The maximum Gasteiger partial charge on any atom is 0.127 e. The van der Waals surface area contributed by atoms with Crippen LogP contribution in [0.3, 0.4) is 0 Å². The summed E-state index contributed by atoms with van der Waals surface area (Å²) in [4.78, 5) is 0. The first-order valence-corrected chi connectivity index (χ1v) is 7.28. The molecule has 2 nitrogen and oxygen atoms in total. The second kappa shape index (κ2) is 3.50. The standard InChI is InChI=1S/C14H19ClN2/c15-13-1-2-16-17(13)9-14-6-10-3-11(7-14)5-12(4-10)8-14/h1-2,10-12H,3-9H2. The van der Waals surface area contributed by atoms with Crippen LogP contribution in [0.1, 0.15) is 38.5 Å². The normalized spacial score (nSPS) is 43.2. The zero-order valence-corrected chi connectivity index (χ0v) is 10.9. The minimum Gasteiger partial charge on any atom is -0.253 e. The van der Waals surface area contributed by atoms with Crippen LogP contribution in [0, 0.1) is 23.2 Å². The summed E-state index contributed by atoms with van der Waals surface area (Å²) >= 11 is 6.18. The quantitative estimate of drug-likeness (QED) is 0.782. The lowest BCUT2D eigenvalue weighted by Gasteiger charge is -2.56. The van der Waals surface area contributed by atoms with Crippen molar-refractivity contribution in [2.75, 3.05) is 0 Å². The third-order valence-corrected chi connectivity index (χ3v) is 5.64. The molecular weight excluding hydrogens is 232 g/mol. The highest BCUT2D eigenvalue weighted by Crippen LogP contribution is 2.60. The van der Waals surface area contributed by atoms with Crippen molar-refractivity contribution in [1.29, 1.82) is 0 Å². The van der Waals surface area contributed by atoms with E-state index < -0.39 is 0 Å². The van der Waals surface area contributed by atoms with Gasteiger partial charge in [0.2, 0.25) is 0 Å². The topological polar surface area (TPSA) is 17.8 Å². The fourth-order valence-electron chi connectivity index (χ4n) is 5.23. The van der Waals surface area contributed by atoms with Crippen LogP contribution in [0.4, 0.5) is 0 Å². The van der Waals surface area contributed by atoms with Crippen LogP contribution in [0.5, 0.6) is 0 Å². The minimum atomic E-state index is 0.532. The molecule has 4 aliphatic rings. The molecule has 3 heteroatoms. The van der Waals surface area contributed by atoms with E-state index in [1.54, 1.807) is 0 Å². The molecule has 1 aromatic rings. The van der Waals surface area contributed by atoms with E-state index >= 15 is 0 Å². The second-order valence-electron chi connectivity index (χ2n) is 6.73. The summed E-state index contributed by atoms with van der Waals surface area (Å²) in [6.07, 6.45) is 10.6. The average molecular weight is 251 g/mol. The van der Waals surface area contributed by atoms with Gasteiger partial charge in [0, 0.05) is 6.54 Å². The van der Waals surface area contributed by atoms with Crippen LogP contribution in [0.25, 0.3) is 0 Å². The van der Waals surface area contributed by atoms with Gasteiger partial charge < -0.3 is 0 Å². The zero-order chi connectivity index (χ0) is 11.5. The minimum absolute atomic E-state index is 0.532. The van der Waals surface area contributed by atoms with Crippen LogP contribution in [0.2, 0.25) is 5.15 Å². The average Bonchev–Trinajstić information content (AvgIpc) is 2.61. The molecule has 0 N–H and O–H groups in total. The molecule has 4 bridgehead atoms. The molecule has 0 radical (unpaired) electrons. The molecule has 0 saturated heterocycles. The fraction of sp³-hybridized carbons (Fsp3) is 0.786. The molecule has 0 spiro atoms. The van der Waals surface area contributed by atoms with E-state index in [4.69, 9.17) is 11.6 Å². The van der Waals surface area contributed by atoms with Gasteiger partial charge in [-0.1, -0.05) is 11.6 Å². The highest BCUT2D eigenvalue weighted by Gasteiger charge is 2.51. The first kappa shape index (κ1) is 10.4. The molecule has 0 aliphatic heterocycles. The predicted octanol–water partition coefficient (Wildman–Crippen LogP) is 3.75. The van der Waals surface area contributed by atoms with Gasteiger partial charge in [0.25, 0.3) is 0 Å². The maximum atomic E-state index is 6.18. The van der Waals surface area contributed by atoms with Crippen LogP contribution in [0.15, 0.2) is 12.3 Å². The lowest BCUT2D eigenvalue weighted by Crippen LogP contribution is -2.48. The lowest BCUT2D eigenvalue weighted by atomic mass is 9.49. The van der Waals surface area contributed by atoms with Gasteiger partial charge in [0.05, 0.1) is 6.20 Å². The second-order valence-corrected chi connectivity index (χ2v) is 7.12. The molecule has 5 rings (SSSR count). The summed E-state index contributed by atoms with van der Waals surface area (Å²) in [6.45, 7) is 1.06. The molecule has 1 aromatic heterocycles. The molecular formula is C14H19ClN2. The Bertz CT molecular complexity index is 402. The molecule has 1 heterocycles. The summed E-state index contributed by atoms with van der Waals surface area (Å²) in [5.74, 6) is 3.03. The Morgan fingerprint density at radius 3 is 2.24 bits per heavy atom. The van der Waals surface area contributed by atoms with Crippen LogP contribution >= 0.6 is 11.6 Å². The number of rotatable bonds is 2. The van der Waals surface area contributed by atoms with Gasteiger partial charge in [0.15, 0.2) is 0 Å². The van der Waals surface area contributed by atoms with Gasteiger partial charge in [-0.3, -0.25) is 4.68 Å². The number of hydrogen-bond donors (Lipinski definition) is 0. The Balaban J connectivity index is 1.62. The Morgan fingerprint density at radius 1 is 1.18 bits per heavy atom. The summed E-state index contributed by atoms with van der Waals surface area (Å²) in [5, 5.41) is 5.18. The van der Waals surface area contributed by atoms with Crippen LogP contribution in [-0.4, -0.2) is 9.78 Å². The SMILES string of the molecule is Clc1ccnn1CC12CC3CC(CC(C3)C1)C2. The van der Waals surface area contributed by atoms with E-state index in [0.29, 0.717) is 5.41 Å². The Labute approximate surface area is 107 Å². The number of aromatic nitrogens is 2. The van der Waals surface area contributed by atoms with Gasteiger partial charge in [0.1, 0.15) is 5.15 Å². The molecule has 92 valence electrons. The Kier molecular flexibility index (Phi) is 2.15. The first-order valence-electron chi connectivity index (χ1n) is 6.90. The molecule has 17 heavy (non-hydrogen) atoms. The van der Waals surface area contributed by atoms with Crippen LogP contribution < -0.4 is 0 Å². The number of halogens is 1. The smallest absolute Gasteiger partial charge is 0.127 e. The van der Waals surface area contributed by atoms with Crippen molar-refractivity contribution >= 4 is 11.6 Å². The summed E-state index contributed by atoms with van der Waals surface area (Å²) < 4.78 is 2.02. The van der Waals surface area contributed by atoms with E-state index in [0.717, 1.165) is 29.5 Å². The molecule has 0 unspecified atom stereocenters. The number of nitrogens with zero attached hydrogens (tertiary/aromatic N) is 2. The molecule has 4 saturated carbocycles. The van der Waals surface area contributed by atoms with Gasteiger partial charge in [-0.15, -0.1) is 0 Å². The van der Waals surface area contributed by atoms with E-state index in [1.807, 2.05) is 16.9 Å². The van der Waals surface area contributed by atoms with Crippen molar-refractivity contribution in [2.45, 2.75) is 45.1 Å². The van der Waals surface area contributed by atoms with Crippen molar-refractivity contribution in [3.63, 3.8) is 0 Å². The van der Waals surface area contributed by atoms with E-state index in [-0.39, 0.29) is 0 Å². The Hall–Kier alpha value is -0.500. The fourth-order valence-corrected chi connectivity index (χ4v) is 5.39. The third kappa shape index (κ3) is 1.64. The summed E-state index contributed by atoms with van der Waals surface area (Å²) in [7, 11) is 0. The van der Waals surface area contributed by atoms with Crippen molar-refractivity contribution in [3.8, 4) is 0 Å². The zero-order valence-electron chi connectivity index (χ0n) is 10.1. The van der Waals surface area contributed by atoms with E-state index in [1.165, 1.54) is 38.5 Å². The molecule has 0 aromatic carbocycles. The predicted molar refractivity (Wildman–Crippen MR) is 67.8 cm³/mol. The number of hydrogen-bond acceptors (Lipinski definition) is 1. The molecule has 0 amide bonds. The van der Waals surface area contributed by atoms with E-state index in [2.05, 4.69) is 5.10 Å². The van der Waals surface area contributed by atoms with Gasteiger partial charge in [-0.25, -0.2) is 0 Å². The van der Waals surface area contributed by atoms with Crippen molar-refractivity contribution in [2.24, 2.45) is 23.2 Å². The van der Waals surface area contributed by atoms with Gasteiger partial charge >= 0.3 is 0 Å². The highest BCUT2D eigenvalue weighted by molar-refractivity contribution is 6.29. The summed E-state index contributed by atoms with van der Waals surface area (Å²) in [5.41, 5.74) is 0.532. The first-order chi connectivity index (χ1) is 8.22.